The van der Waals surface area contributed by atoms with E-state index in [0.717, 1.165) is 37.7 Å². The maximum Gasteiger partial charge on any atom is 0.407 e. The van der Waals surface area contributed by atoms with Crippen LogP contribution in [0.1, 0.15) is 99.0 Å². The molecule has 2 atom stereocenters. The Hall–Kier alpha value is -2.64. The lowest BCUT2D eigenvalue weighted by molar-refractivity contribution is -0.158. The average Bonchev–Trinajstić information content (AvgIpc) is 2.81. The van der Waals surface area contributed by atoms with Gasteiger partial charge in [0.25, 0.3) is 0 Å². The number of hydrogen-bond acceptors (Lipinski definition) is 7. The monoisotopic (exact) mass is 520 g/mol. The molecule has 0 spiro atoms. The van der Waals surface area contributed by atoms with Crippen molar-refractivity contribution < 1.29 is 28.6 Å². The average molecular weight is 521 g/mol. The van der Waals surface area contributed by atoms with Crippen LogP contribution in [0.25, 0.3) is 0 Å². The van der Waals surface area contributed by atoms with E-state index in [1.54, 1.807) is 12.4 Å². The van der Waals surface area contributed by atoms with Crippen molar-refractivity contribution in [2.75, 3.05) is 13.2 Å². The molecule has 1 rings (SSSR count). The second kappa shape index (κ2) is 16.3. The minimum Gasteiger partial charge on any atom is -0.464 e. The second-order valence-corrected chi connectivity index (χ2v) is 11.1. The summed E-state index contributed by atoms with van der Waals surface area (Å²) in [7, 11) is 0. The number of aromatic nitrogens is 1. The third-order valence-corrected chi connectivity index (χ3v) is 6.31. The van der Waals surface area contributed by atoms with Crippen molar-refractivity contribution in [1.29, 1.82) is 0 Å². The van der Waals surface area contributed by atoms with E-state index in [2.05, 4.69) is 24.1 Å². The number of hydrogen-bond donors (Lipinski definition) is 1. The van der Waals surface area contributed by atoms with E-state index in [4.69, 9.17) is 14.2 Å². The molecule has 1 heterocycles. The van der Waals surface area contributed by atoms with Gasteiger partial charge in [-0.1, -0.05) is 34.1 Å². The highest BCUT2D eigenvalue weighted by molar-refractivity contribution is 5.72. The highest BCUT2D eigenvalue weighted by Gasteiger charge is 2.27. The Morgan fingerprint density at radius 2 is 1.68 bits per heavy atom. The summed E-state index contributed by atoms with van der Waals surface area (Å²) in [6, 6.07) is 3.88. The molecule has 37 heavy (non-hydrogen) atoms. The normalized spacial score (nSPS) is 13.9. The third kappa shape index (κ3) is 14.6. The molecule has 0 radical (unpaired) electrons. The van der Waals surface area contributed by atoms with Gasteiger partial charge in [-0.05, 0) is 76.5 Å². The van der Waals surface area contributed by atoms with Crippen LogP contribution < -0.4 is 5.32 Å². The molecule has 0 aliphatic carbocycles. The van der Waals surface area contributed by atoms with Gasteiger partial charge in [-0.25, -0.2) is 4.79 Å². The largest absolute Gasteiger partial charge is 0.464 e. The summed E-state index contributed by atoms with van der Waals surface area (Å²) in [6.45, 7) is 14.0. The van der Waals surface area contributed by atoms with Crippen LogP contribution in [-0.2, 0) is 30.2 Å². The molecule has 1 aromatic rings. The molecule has 0 fully saturated rings. The topological polar surface area (TPSA) is 104 Å². The van der Waals surface area contributed by atoms with Crippen molar-refractivity contribution in [3.8, 4) is 0 Å². The van der Waals surface area contributed by atoms with Gasteiger partial charge in [0.2, 0.25) is 0 Å². The Morgan fingerprint density at radius 1 is 1.00 bits per heavy atom. The van der Waals surface area contributed by atoms with E-state index in [0.29, 0.717) is 25.2 Å². The minimum absolute atomic E-state index is 0.118. The molecule has 0 aliphatic heterocycles. The lowest BCUT2D eigenvalue weighted by Gasteiger charge is -2.28. The molecule has 0 saturated heterocycles. The predicted octanol–water partition coefficient (Wildman–Crippen LogP) is 6.02. The molecule has 1 N–H and O–H groups in total. The van der Waals surface area contributed by atoms with Gasteiger partial charge in [-0.15, -0.1) is 0 Å². The van der Waals surface area contributed by atoms with E-state index in [9.17, 15) is 14.4 Å². The molecule has 8 nitrogen and oxygen atoms in total. The van der Waals surface area contributed by atoms with Gasteiger partial charge < -0.3 is 19.5 Å². The molecule has 1 amide bonds. The lowest BCUT2D eigenvalue weighted by atomic mass is 9.94. The molecule has 0 bridgehead atoms. The first-order chi connectivity index (χ1) is 17.4. The number of pyridine rings is 1. The van der Waals surface area contributed by atoms with Crippen LogP contribution in [-0.4, -0.2) is 47.4 Å². The summed E-state index contributed by atoms with van der Waals surface area (Å²) < 4.78 is 16.6. The van der Waals surface area contributed by atoms with Crippen LogP contribution in [0.5, 0.6) is 0 Å². The fraction of sp³-hybridized carbons (Fsp3) is 0.724. The first-order valence-electron chi connectivity index (χ1n) is 13.6. The van der Waals surface area contributed by atoms with Crippen molar-refractivity contribution in [3.05, 3.63) is 30.1 Å². The first-order valence-corrected chi connectivity index (χ1v) is 13.6. The summed E-state index contributed by atoms with van der Waals surface area (Å²) in [5.41, 5.74) is -0.0827. The number of esters is 2. The summed E-state index contributed by atoms with van der Waals surface area (Å²) in [5.74, 6) is -0.170. The maximum atomic E-state index is 12.4. The molecular formula is C29H48N2O6. The summed E-state index contributed by atoms with van der Waals surface area (Å²) in [6.07, 6.45) is 8.53. The number of ether oxygens (including phenoxy) is 3. The third-order valence-electron chi connectivity index (χ3n) is 6.31. The quantitative estimate of drug-likeness (QED) is 0.152. The molecule has 0 saturated carbocycles. The number of alkyl carbamates (subject to hydrolysis) is 1. The molecule has 2 unspecified atom stereocenters. The van der Waals surface area contributed by atoms with Crippen molar-refractivity contribution in [2.45, 2.75) is 111 Å². The number of carbonyl (C=O) groups excluding carboxylic acids is 3. The Labute approximate surface area is 223 Å². The van der Waals surface area contributed by atoms with Gasteiger partial charge >= 0.3 is 18.0 Å². The fourth-order valence-corrected chi connectivity index (χ4v) is 4.08. The van der Waals surface area contributed by atoms with Crippen molar-refractivity contribution in [2.24, 2.45) is 11.8 Å². The summed E-state index contributed by atoms with van der Waals surface area (Å²) in [4.78, 5) is 40.5. The van der Waals surface area contributed by atoms with Gasteiger partial charge in [0.15, 0.2) is 0 Å². The second-order valence-electron chi connectivity index (χ2n) is 11.1. The van der Waals surface area contributed by atoms with Crippen molar-refractivity contribution >= 4 is 18.0 Å². The summed E-state index contributed by atoms with van der Waals surface area (Å²) in [5, 5.41) is 2.63. The zero-order chi connectivity index (χ0) is 27.9. The zero-order valence-corrected chi connectivity index (χ0v) is 23.9. The number of amides is 1. The number of nitrogens with one attached hydrogen (secondary N) is 1. The van der Waals surface area contributed by atoms with Crippen LogP contribution in [0.4, 0.5) is 4.79 Å². The fourth-order valence-electron chi connectivity index (χ4n) is 4.08. The Balaban J connectivity index is 2.23. The van der Waals surface area contributed by atoms with E-state index < -0.39 is 17.3 Å². The Bertz CT molecular complexity index is 827. The van der Waals surface area contributed by atoms with Crippen LogP contribution in [0.3, 0.4) is 0 Å². The number of carbonyl (C=O) groups is 3. The van der Waals surface area contributed by atoms with Gasteiger partial charge in [-0.2, -0.15) is 0 Å². The van der Waals surface area contributed by atoms with E-state index in [1.165, 1.54) is 0 Å². The Morgan fingerprint density at radius 3 is 2.30 bits per heavy atom. The molecular weight excluding hydrogens is 472 g/mol. The zero-order valence-electron chi connectivity index (χ0n) is 23.9. The number of rotatable bonds is 17. The van der Waals surface area contributed by atoms with Crippen molar-refractivity contribution in [3.63, 3.8) is 0 Å². The SMILES string of the molecule is CCC(C)(Cc1ccncc1)OC(=O)CCCCCC(C)(C)OC(=O)NCCOC(=O)C(C)CC(C)C. The van der Waals surface area contributed by atoms with Crippen LogP contribution in [0, 0.1) is 11.8 Å². The van der Waals surface area contributed by atoms with E-state index >= 15 is 0 Å². The highest BCUT2D eigenvalue weighted by atomic mass is 16.6. The van der Waals surface area contributed by atoms with Crippen LogP contribution in [0.2, 0.25) is 0 Å². The van der Waals surface area contributed by atoms with Gasteiger partial charge in [0.05, 0.1) is 12.5 Å². The van der Waals surface area contributed by atoms with Gasteiger partial charge in [0.1, 0.15) is 17.8 Å². The van der Waals surface area contributed by atoms with Gasteiger partial charge in [-0.3, -0.25) is 14.6 Å². The number of nitrogens with zero attached hydrogens (tertiary/aromatic N) is 1. The maximum absolute atomic E-state index is 12.4. The van der Waals surface area contributed by atoms with Gasteiger partial charge in [0, 0.05) is 25.2 Å². The molecule has 1 aromatic heterocycles. The Kier molecular flexibility index (Phi) is 14.2. The molecule has 8 heteroatoms. The van der Waals surface area contributed by atoms with Crippen LogP contribution in [0.15, 0.2) is 24.5 Å². The highest BCUT2D eigenvalue weighted by Crippen LogP contribution is 2.23. The molecule has 0 aliphatic rings. The van der Waals surface area contributed by atoms with E-state index in [-0.39, 0.29) is 31.0 Å². The lowest BCUT2D eigenvalue weighted by Crippen LogP contribution is -2.36. The first kappa shape index (κ1) is 32.4. The minimum atomic E-state index is -0.641. The summed E-state index contributed by atoms with van der Waals surface area (Å²) >= 11 is 0. The van der Waals surface area contributed by atoms with Crippen LogP contribution >= 0.6 is 0 Å². The van der Waals surface area contributed by atoms with Crippen molar-refractivity contribution in [1.82, 2.24) is 10.3 Å². The smallest absolute Gasteiger partial charge is 0.407 e. The number of unbranched alkanes of at least 4 members (excludes halogenated alkanes) is 2. The molecule has 210 valence electrons. The standard InChI is InChI=1S/C29H48N2O6/c1-8-29(7,21-24-13-16-30-17-14-24)36-25(32)12-10-9-11-15-28(5,6)37-27(34)31-18-19-35-26(33)23(4)20-22(2)3/h13-14,16-17,22-23H,8-12,15,18-21H2,1-7H3,(H,31,34). The van der Waals surface area contributed by atoms with E-state index in [1.807, 2.05) is 46.8 Å². The predicted molar refractivity (Wildman–Crippen MR) is 144 cm³/mol. The molecule has 0 aromatic carbocycles.